The molecule has 1 aromatic carbocycles. The Bertz CT molecular complexity index is 428. The van der Waals surface area contributed by atoms with Gasteiger partial charge in [0.2, 0.25) is 0 Å². The minimum absolute atomic E-state index is 0.121. The number of hydrogen-bond acceptors (Lipinski definition) is 0. The molecule has 0 radical (unpaired) electrons. The first-order valence-electron chi connectivity index (χ1n) is 6.79. The van der Waals surface area contributed by atoms with Gasteiger partial charge < -0.3 is 0 Å². The van der Waals surface area contributed by atoms with Crippen LogP contribution in [0.15, 0.2) is 18.2 Å². The molecule has 1 saturated carbocycles. The fraction of sp³-hybridized carbons (Fsp3) is 0.600. The molecule has 1 aliphatic rings. The molecule has 0 N–H and O–H groups in total. The zero-order chi connectivity index (χ0) is 14.0. The van der Waals surface area contributed by atoms with E-state index in [1.54, 1.807) is 0 Å². The van der Waals surface area contributed by atoms with Crippen molar-refractivity contribution in [1.82, 2.24) is 0 Å². The van der Waals surface area contributed by atoms with Gasteiger partial charge in [0.1, 0.15) is 5.82 Å². The Hall–Kier alpha value is -1.06. The van der Waals surface area contributed by atoms with Crippen LogP contribution in [0.4, 0.5) is 17.6 Å². The zero-order valence-electron chi connectivity index (χ0n) is 10.9. The maximum Gasteiger partial charge on any atom is 0.416 e. The van der Waals surface area contributed by atoms with Crippen LogP contribution in [0, 0.1) is 11.7 Å². The SMILES string of the molecule is CCC1CCC(c2c(F)cccc2C(F)(F)F)CC1. The van der Waals surface area contributed by atoms with Crippen LogP contribution in [-0.4, -0.2) is 0 Å². The molecular weight excluding hydrogens is 256 g/mol. The summed E-state index contributed by atoms with van der Waals surface area (Å²) >= 11 is 0. The Balaban J connectivity index is 2.29. The normalized spacial score (nSPS) is 24.5. The third kappa shape index (κ3) is 3.10. The fourth-order valence-electron chi connectivity index (χ4n) is 3.06. The second-order valence-electron chi connectivity index (χ2n) is 5.32. The van der Waals surface area contributed by atoms with Gasteiger partial charge in [-0.2, -0.15) is 13.2 Å². The molecule has 1 fully saturated rings. The van der Waals surface area contributed by atoms with E-state index in [1.165, 1.54) is 0 Å². The van der Waals surface area contributed by atoms with E-state index in [0.29, 0.717) is 18.8 Å². The third-order valence-corrected chi connectivity index (χ3v) is 4.19. The third-order valence-electron chi connectivity index (χ3n) is 4.19. The Labute approximate surface area is 110 Å². The van der Waals surface area contributed by atoms with E-state index in [-0.39, 0.29) is 11.5 Å². The van der Waals surface area contributed by atoms with Crippen LogP contribution in [-0.2, 0) is 6.18 Å². The van der Waals surface area contributed by atoms with Crippen molar-refractivity contribution in [3.05, 3.63) is 35.1 Å². The van der Waals surface area contributed by atoms with Crippen molar-refractivity contribution in [1.29, 1.82) is 0 Å². The molecule has 0 aliphatic heterocycles. The van der Waals surface area contributed by atoms with Crippen LogP contribution in [0.5, 0.6) is 0 Å². The van der Waals surface area contributed by atoms with Crippen LogP contribution in [0.2, 0.25) is 0 Å². The quantitative estimate of drug-likeness (QED) is 0.622. The Morgan fingerprint density at radius 2 is 1.74 bits per heavy atom. The predicted octanol–water partition coefficient (Wildman–Crippen LogP) is 5.53. The maximum atomic E-state index is 13.8. The zero-order valence-corrected chi connectivity index (χ0v) is 10.9. The molecule has 0 spiro atoms. The van der Waals surface area contributed by atoms with Crippen molar-refractivity contribution in [3.8, 4) is 0 Å². The molecule has 0 bridgehead atoms. The molecule has 1 aromatic rings. The molecule has 1 aliphatic carbocycles. The van der Waals surface area contributed by atoms with Gasteiger partial charge in [-0.05, 0) is 49.7 Å². The molecule has 0 saturated heterocycles. The molecular formula is C15H18F4. The summed E-state index contributed by atoms with van der Waals surface area (Å²) < 4.78 is 52.7. The Morgan fingerprint density at radius 1 is 1.11 bits per heavy atom. The largest absolute Gasteiger partial charge is 0.416 e. The summed E-state index contributed by atoms with van der Waals surface area (Å²) in [4.78, 5) is 0. The van der Waals surface area contributed by atoms with Crippen molar-refractivity contribution in [2.45, 2.75) is 51.1 Å². The van der Waals surface area contributed by atoms with E-state index >= 15 is 0 Å². The van der Waals surface area contributed by atoms with Gasteiger partial charge in [-0.25, -0.2) is 4.39 Å². The van der Waals surface area contributed by atoms with Gasteiger partial charge in [-0.15, -0.1) is 0 Å². The number of halogens is 4. The standard InChI is InChI=1S/C15H18F4/c1-2-10-6-8-11(9-7-10)14-12(15(17,18)19)4-3-5-13(14)16/h3-5,10-11H,2,6-9H2,1H3. The number of alkyl halides is 3. The number of rotatable bonds is 2. The van der Waals surface area contributed by atoms with Gasteiger partial charge in [0, 0.05) is 5.56 Å². The monoisotopic (exact) mass is 274 g/mol. The first kappa shape index (κ1) is 14.4. The summed E-state index contributed by atoms with van der Waals surface area (Å²) in [6.45, 7) is 2.09. The second-order valence-corrected chi connectivity index (χ2v) is 5.32. The lowest BCUT2D eigenvalue weighted by Gasteiger charge is -2.30. The van der Waals surface area contributed by atoms with Crippen molar-refractivity contribution in [3.63, 3.8) is 0 Å². The Morgan fingerprint density at radius 3 is 2.26 bits per heavy atom. The molecule has 0 aromatic heterocycles. The van der Waals surface area contributed by atoms with E-state index in [0.717, 1.165) is 37.5 Å². The first-order chi connectivity index (χ1) is 8.93. The molecule has 106 valence electrons. The smallest absolute Gasteiger partial charge is 0.207 e. The van der Waals surface area contributed by atoms with Crippen LogP contribution < -0.4 is 0 Å². The van der Waals surface area contributed by atoms with Crippen molar-refractivity contribution < 1.29 is 17.6 Å². The van der Waals surface area contributed by atoms with Crippen LogP contribution in [0.25, 0.3) is 0 Å². The predicted molar refractivity (Wildman–Crippen MR) is 66.4 cm³/mol. The molecule has 0 amide bonds. The molecule has 0 atom stereocenters. The molecule has 4 heteroatoms. The van der Waals surface area contributed by atoms with Gasteiger partial charge in [0.05, 0.1) is 5.56 Å². The number of benzene rings is 1. The highest BCUT2D eigenvalue weighted by molar-refractivity contribution is 5.34. The maximum absolute atomic E-state index is 13.8. The minimum Gasteiger partial charge on any atom is -0.207 e. The van der Waals surface area contributed by atoms with E-state index < -0.39 is 17.6 Å². The van der Waals surface area contributed by atoms with Gasteiger partial charge >= 0.3 is 6.18 Å². The van der Waals surface area contributed by atoms with Crippen molar-refractivity contribution in [2.75, 3.05) is 0 Å². The molecule has 0 nitrogen and oxygen atoms in total. The molecule has 2 rings (SSSR count). The highest BCUT2D eigenvalue weighted by Gasteiger charge is 2.37. The highest BCUT2D eigenvalue weighted by Crippen LogP contribution is 2.43. The summed E-state index contributed by atoms with van der Waals surface area (Å²) in [6, 6.07) is 3.26. The minimum atomic E-state index is -4.47. The van der Waals surface area contributed by atoms with E-state index in [9.17, 15) is 17.6 Å². The average Bonchev–Trinajstić information content (AvgIpc) is 2.37. The van der Waals surface area contributed by atoms with Gasteiger partial charge in [0.15, 0.2) is 0 Å². The lowest BCUT2D eigenvalue weighted by Crippen LogP contribution is -2.18. The van der Waals surface area contributed by atoms with E-state index in [1.807, 2.05) is 0 Å². The summed E-state index contributed by atoms with van der Waals surface area (Å²) in [5.41, 5.74) is -0.919. The molecule has 0 unspecified atom stereocenters. The summed E-state index contributed by atoms with van der Waals surface area (Å²) in [6.07, 6.45) is -0.320. The fourth-order valence-corrected chi connectivity index (χ4v) is 3.06. The number of hydrogen-bond donors (Lipinski definition) is 0. The topological polar surface area (TPSA) is 0 Å². The van der Waals surface area contributed by atoms with Gasteiger partial charge in [-0.1, -0.05) is 19.4 Å². The molecule has 0 heterocycles. The second kappa shape index (κ2) is 5.51. The van der Waals surface area contributed by atoms with Crippen LogP contribution in [0.1, 0.15) is 56.1 Å². The first-order valence-corrected chi connectivity index (χ1v) is 6.79. The van der Waals surface area contributed by atoms with Gasteiger partial charge in [-0.3, -0.25) is 0 Å². The van der Waals surface area contributed by atoms with Crippen molar-refractivity contribution in [2.24, 2.45) is 5.92 Å². The van der Waals surface area contributed by atoms with Crippen LogP contribution >= 0.6 is 0 Å². The lowest BCUT2D eigenvalue weighted by atomic mass is 9.76. The summed E-state index contributed by atoms with van der Waals surface area (Å²) in [7, 11) is 0. The van der Waals surface area contributed by atoms with E-state index in [4.69, 9.17) is 0 Å². The highest BCUT2D eigenvalue weighted by atomic mass is 19.4. The van der Waals surface area contributed by atoms with Crippen molar-refractivity contribution >= 4 is 0 Å². The van der Waals surface area contributed by atoms with E-state index in [2.05, 4.69) is 6.92 Å². The summed E-state index contributed by atoms with van der Waals surface area (Å²) in [5.74, 6) is -0.423. The van der Waals surface area contributed by atoms with Crippen LogP contribution in [0.3, 0.4) is 0 Å². The average molecular weight is 274 g/mol. The lowest BCUT2D eigenvalue weighted by molar-refractivity contribution is -0.138. The summed E-state index contributed by atoms with van der Waals surface area (Å²) in [5, 5.41) is 0. The Kier molecular flexibility index (Phi) is 4.16. The molecule has 19 heavy (non-hydrogen) atoms. The van der Waals surface area contributed by atoms with Gasteiger partial charge in [0.25, 0.3) is 0 Å².